The van der Waals surface area contributed by atoms with Crippen LogP contribution in [0.3, 0.4) is 0 Å². The van der Waals surface area contributed by atoms with E-state index in [9.17, 15) is 4.79 Å². The van der Waals surface area contributed by atoms with Crippen LogP contribution in [0, 0.1) is 0 Å². The van der Waals surface area contributed by atoms with E-state index in [0.717, 1.165) is 5.56 Å². The lowest BCUT2D eigenvalue weighted by Crippen LogP contribution is -2.29. The molecule has 1 N–H and O–H groups in total. The topological polar surface area (TPSA) is 78.3 Å². The number of carbonyl (C=O) groups is 1. The van der Waals surface area contributed by atoms with Crippen molar-refractivity contribution in [3.05, 3.63) is 47.4 Å². The van der Waals surface area contributed by atoms with Gasteiger partial charge in [-0.1, -0.05) is 12.1 Å². The number of carbonyl (C=O) groups excluding carboxylic acids is 1. The van der Waals surface area contributed by atoms with E-state index in [-0.39, 0.29) is 0 Å². The highest BCUT2D eigenvalue weighted by atomic mass is 16.5. The Morgan fingerprint density at radius 2 is 2.18 bits per heavy atom. The Bertz CT molecular complexity index is 751. The van der Waals surface area contributed by atoms with Crippen LogP contribution in [-0.4, -0.2) is 35.0 Å². The number of allylic oxidation sites excluding steroid dienone is 1. The number of hydrogen-bond donors (Lipinski definition) is 1. The number of rotatable bonds is 3. The summed E-state index contributed by atoms with van der Waals surface area (Å²) in [6.45, 7) is 1.82. The maximum absolute atomic E-state index is 12.2. The number of nitrogens with zero attached hydrogens (tertiary/aromatic N) is 3. The van der Waals surface area contributed by atoms with E-state index < -0.39 is 12.0 Å². The molecule has 1 atom stereocenters. The Balaban J connectivity index is 2.18. The van der Waals surface area contributed by atoms with Crippen LogP contribution in [0.4, 0.5) is 5.95 Å². The van der Waals surface area contributed by atoms with Gasteiger partial charge in [0.05, 0.1) is 19.8 Å². The number of benzene rings is 1. The van der Waals surface area contributed by atoms with Crippen molar-refractivity contribution in [3.63, 3.8) is 0 Å². The molecule has 0 fully saturated rings. The first-order valence-electron chi connectivity index (χ1n) is 6.75. The van der Waals surface area contributed by atoms with E-state index in [1.54, 1.807) is 11.8 Å². The van der Waals surface area contributed by atoms with Gasteiger partial charge in [-0.3, -0.25) is 0 Å². The van der Waals surface area contributed by atoms with E-state index >= 15 is 0 Å². The lowest BCUT2D eigenvalue weighted by molar-refractivity contribution is -0.136. The van der Waals surface area contributed by atoms with Gasteiger partial charge in [-0.25, -0.2) is 9.48 Å². The van der Waals surface area contributed by atoms with Crippen molar-refractivity contribution >= 4 is 11.9 Å². The fourth-order valence-electron chi connectivity index (χ4n) is 2.59. The average molecular weight is 300 g/mol. The first-order chi connectivity index (χ1) is 10.7. The molecule has 22 heavy (non-hydrogen) atoms. The third kappa shape index (κ3) is 2.20. The van der Waals surface area contributed by atoms with Crippen molar-refractivity contribution in [2.75, 3.05) is 19.5 Å². The van der Waals surface area contributed by atoms with E-state index in [4.69, 9.17) is 9.47 Å². The second kappa shape index (κ2) is 5.51. The normalized spacial score (nSPS) is 16.8. The van der Waals surface area contributed by atoms with E-state index in [1.165, 1.54) is 13.4 Å². The SMILES string of the molecule is COC(=O)C1=C(C)Nc2ncnn2[C@@H]1c1cccc(OC)c1. The van der Waals surface area contributed by atoms with Crippen LogP contribution >= 0.6 is 0 Å². The van der Waals surface area contributed by atoms with Crippen LogP contribution in [0.5, 0.6) is 5.75 Å². The summed E-state index contributed by atoms with van der Waals surface area (Å²) in [6.07, 6.45) is 1.45. The lowest BCUT2D eigenvalue weighted by Gasteiger charge is -2.28. The molecule has 0 radical (unpaired) electrons. The summed E-state index contributed by atoms with van der Waals surface area (Å²) in [5.41, 5.74) is 2.06. The Labute approximate surface area is 127 Å². The molecule has 0 bridgehead atoms. The van der Waals surface area contributed by atoms with Gasteiger partial charge in [-0.05, 0) is 24.6 Å². The number of fused-ring (bicyclic) bond motifs is 1. The quantitative estimate of drug-likeness (QED) is 0.870. The highest BCUT2D eigenvalue weighted by Crippen LogP contribution is 2.35. The molecule has 0 aliphatic carbocycles. The second-order valence-electron chi connectivity index (χ2n) is 4.86. The van der Waals surface area contributed by atoms with Gasteiger partial charge in [-0.2, -0.15) is 10.1 Å². The maximum Gasteiger partial charge on any atom is 0.338 e. The first kappa shape index (κ1) is 14.1. The van der Waals surface area contributed by atoms with Crippen LogP contribution in [0.2, 0.25) is 0 Å². The monoisotopic (exact) mass is 300 g/mol. The minimum Gasteiger partial charge on any atom is -0.497 e. The maximum atomic E-state index is 12.2. The summed E-state index contributed by atoms with van der Waals surface area (Å²) in [4.78, 5) is 16.4. The molecule has 1 aromatic heterocycles. The molecule has 1 aliphatic rings. The van der Waals surface area contributed by atoms with Gasteiger partial charge < -0.3 is 14.8 Å². The van der Waals surface area contributed by atoms with Gasteiger partial charge in [0.25, 0.3) is 0 Å². The zero-order chi connectivity index (χ0) is 15.7. The van der Waals surface area contributed by atoms with Crippen LogP contribution < -0.4 is 10.1 Å². The molecular formula is C15H16N4O3. The van der Waals surface area contributed by atoms with Crippen molar-refractivity contribution in [2.45, 2.75) is 13.0 Å². The highest BCUT2D eigenvalue weighted by molar-refractivity contribution is 5.92. The number of anilines is 1. The summed E-state index contributed by atoms with van der Waals surface area (Å²) in [5.74, 6) is 0.886. The molecule has 0 spiro atoms. The van der Waals surface area contributed by atoms with Crippen molar-refractivity contribution in [1.82, 2.24) is 14.8 Å². The summed E-state index contributed by atoms with van der Waals surface area (Å²) in [5, 5.41) is 7.30. The smallest absolute Gasteiger partial charge is 0.338 e. The molecule has 2 heterocycles. The zero-order valence-electron chi connectivity index (χ0n) is 12.5. The van der Waals surface area contributed by atoms with Crippen LogP contribution in [0.15, 0.2) is 41.9 Å². The Hall–Kier alpha value is -2.83. The van der Waals surface area contributed by atoms with Crippen molar-refractivity contribution in [2.24, 2.45) is 0 Å². The largest absolute Gasteiger partial charge is 0.497 e. The van der Waals surface area contributed by atoms with E-state index in [2.05, 4.69) is 15.4 Å². The fourth-order valence-corrected chi connectivity index (χ4v) is 2.59. The van der Waals surface area contributed by atoms with Gasteiger partial charge in [0.2, 0.25) is 5.95 Å². The van der Waals surface area contributed by atoms with Gasteiger partial charge in [0.15, 0.2) is 0 Å². The van der Waals surface area contributed by atoms with Crippen LogP contribution in [0.1, 0.15) is 18.5 Å². The molecule has 3 rings (SSSR count). The molecule has 0 saturated heterocycles. The predicted octanol–water partition coefficient (Wildman–Crippen LogP) is 1.75. The predicted molar refractivity (Wildman–Crippen MR) is 79.5 cm³/mol. The van der Waals surface area contributed by atoms with Gasteiger partial charge >= 0.3 is 5.97 Å². The summed E-state index contributed by atoms with van der Waals surface area (Å²) >= 11 is 0. The van der Waals surface area contributed by atoms with Crippen molar-refractivity contribution < 1.29 is 14.3 Å². The molecule has 0 amide bonds. The molecule has 7 nitrogen and oxygen atoms in total. The van der Waals surface area contributed by atoms with Crippen LogP contribution in [0.25, 0.3) is 0 Å². The molecule has 0 saturated carbocycles. The van der Waals surface area contributed by atoms with Crippen LogP contribution in [-0.2, 0) is 9.53 Å². The number of nitrogens with one attached hydrogen (secondary N) is 1. The molecule has 0 unspecified atom stereocenters. The molecule has 2 aromatic rings. The van der Waals surface area contributed by atoms with Gasteiger partial charge in [0, 0.05) is 5.70 Å². The average Bonchev–Trinajstić information content (AvgIpc) is 3.00. The second-order valence-corrected chi connectivity index (χ2v) is 4.86. The van der Waals surface area contributed by atoms with Crippen molar-refractivity contribution in [3.8, 4) is 5.75 Å². The number of hydrogen-bond acceptors (Lipinski definition) is 6. The van der Waals surface area contributed by atoms with E-state index in [1.807, 2.05) is 31.2 Å². The Morgan fingerprint density at radius 3 is 2.91 bits per heavy atom. The minimum atomic E-state index is -0.415. The van der Waals surface area contributed by atoms with Gasteiger partial charge in [-0.15, -0.1) is 0 Å². The number of ether oxygens (including phenoxy) is 2. The zero-order valence-corrected chi connectivity index (χ0v) is 12.5. The van der Waals surface area contributed by atoms with E-state index in [0.29, 0.717) is 23.0 Å². The third-order valence-electron chi connectivity index (χ3n) is 3.61. The van der Waals surface area contributed by atoms with Crippen molar-refractivity contribution in [1.29, 1.82) is 0 Å². The summed E-state index contributed by atoms with van der Waals surface area (Å²) < 4.78 is 11.9. The third-order valence-corrected chi connectivity index (χ3v) is 3.61. The number of methoxy groups -OCH3 is 2. The molecular weight excluding hydrogens is 284 g/mol. The molecule has 7 heteroatoms. The fraction of sp³-hybridized carbons (Fsp3) is 0.267. The summed E-state index contributed by atoms with van der Waals surface area (Å²) in [6, 6.07) is 7.09. The number of esters is 1. The standard InChI is InChI=1S/C15H16N4O3/c1-9-12(14(20)22-3)13(19-15(18-9)16-8-17-19)10-5-4-6-11(7-10)21-2/h4-8,13H,1-3H3,(H,16,17,18)/t13-/m1/s1. The molecule has 1 aromatic carbocycles. The minimum absolute atomic E-state index is 0.404. The summed E-state index contributed by atoms with van der Waals surface area (Å²) in [7, 11) is 2.97. The molecule has 1 aliphatic heterocycles. The molecule has 114 valence electrons. The van der Waals surface area contributed by atoms with Gasteiger partial charge in [0.1, 0.15) is 18.1 Å². The Kier molecular flexibility index (Phi) is 3.54. The first-order valence-corrected chi connectivity index (χ1v) is 6.75. The number of aromatic nitrogens is 3. The highest BCUT2D eigenvalue weighted by Gasteiger charge is 2.34. The lowest BCUT2D eigenvalue weighted by atomic mass is 9.95. The Morgan fingerprint density at radius 1 is 1.36 bits per heavy atom.